The number of nitrogens with zero attached hydrogens (tertiary/aromatic N) is 1. The van der Waals surface area contributed by atoms with Crippen molar-refractivity contribution in [1.82, 2.24) is 4.90 Å². The number of rotatable bonds is 5. The maximum Gasteiger partial charge on any atom is 0.226 e. The van der Waals surface area contributed by atoms with Gasteiger partial charge in [0.25, 0.3) is 0 Å². The number of fused-ring (bicyclic) bond motifs is 5. The molecule has 0 saturated heterocycles. The van der Waals surface area contributed by atoms with Gasteiger partial charge in [0.2, 0.25) is 5.91 Å². The number of carbonyl (C=O) groups is 1. The zero-order valence-corrected chi connectivity index (χ0v) is 11.6. The molecule has 0 aromatic rings. The Hall–Kier alpha value is -0.570. The molecule has 1 amide bonds. The Morgan fingerprint density at radius 3 is 2.32 bits per heavy atom. The largest absolute Gasteiger partial charge is 0.396 e. The maximum atomic E-state index is 12.8. The van der Waals surface area contributed by atoms with Crippen molar-refractivity contribution in [3.8, 4) is 0 Å². The molecule has 4 fully saturated rings. The molecule has 106 valence electrons. The molecule has 0 radical (unpaired) electrons. The van der Waals surface area contributed by atoms with Gasteiger partial charge in [0.15, 0.2) is 0 Å². The number of hydrogen-bond acceptors (Lipinski definition) is 2. The van der Waals surface area contributed by atoms with Crippen molar-refractivity contribution in [3.05, 3.63) is 0 Å². The van der Waals surface area contributed by atoms with E-state index >= 15 is 0 Å². The number of aliphatic hydroxyl groups is 1. The summed E-state index contributed by atoms with van der Waals surface area (Å²) < 4.78 is 0. The topological polar surface area (TPSA) is 40.5 Å². The summed E-state index contributed by atoms with van der Waals surface area (Å²) in [5.74, 6) is 4.09. The lowest BCUT2D eigenvalue weighted by Gasteiger charge is -2.38. The molecule has 3 heteroatoms. The van der Waals surface area contributed by atoms with E-state index in [0.717, 1.165) is 36.6 Å². The van der Waals surface area contributed by atoms with Crippen LogP contribution in [0.1, 0.15) is 44.9 Å². The Balaban J connectivity index is 1.43. The highest BCUT2D eigenvalue weighted by atomic mass is 16.3. The molecule has 0 aromatic carbocycles. The first-order valence-corrected chi connectivity index (χ1v) is 8.22. The van der Waals surface area contributed by atoms with Gasteiger partial charge in [-0.05, 0) is 68.6 Å². The SMILES string of the molecule is O=C(C1C2C3CCC(C3)C12)N(CCCO)C1CCC1. The fourth-order valence-electron chi connectivity index (χ4n) is 5.26. The molecule has 1 N–H and O–H groups in total. The van der Waals surface area contributed by atoms with E-state index in [1.807, 2.05) is 0 Å². The molecule has 4 unspecified atom stereocenters. The minimum atomic E-state index is 0.208. The Morgan fingerprint density at radius 2 is 1.79 bits per heavy atom. The van der Waals surface area contributed by atoms with Gasteiger partial charge in [-0.1, -0.05) is 0 Å². The summed E-state index contributed by atoms with van der Waals surface area (Å²) in [6.45, 7) is 0.991. The van der Waals surface area contributed by atoms with Gasteiger partial charge in [-0.15, -0.1) is 0 Å². The Kier molecular flexibility index (Phi) is 2.87. The molecule has 2 bridgehead atoms. The van der Waals surface area contributed by atoms with Crippen LogP contribution in [0.4, 0.5) is 0 Å². The molecule has 19 heavy (non-hydrogen) atoms. The molecular formula is C16H25NO2. The van der Waals surface area contributed by atoms with Gasteiger partial charge in [0.05, 0.1) is 0 Å². The lowest BCUT2D eigenvalue weighted by molar-refractivity contribution is -0.138. The third kappa shape index (κ3) is 1.77. The van der Waals surface area contributed by atoms with Crippen LogP contribution in [-0.2, 0) is 4.79 Å². The zero-order chi connectivity index (χ0) is 13.0. The fourth-order valence-corrected chi connectivity index (χ4v) is 5.26. The molecule has 0 spiro atoms. The first kappa shape index (κ1) is 12.2. The first-order valence-electron chi connectivity index (χ1n) is 8.22. The number of amides is 1. The minimum Gasteiger partial charge on any atom is -0.396 e. The van der Waals surface area contributed by atoms with Gasteiger partial charge in [0.1, 0.15) is 0 Å². The third-order valence-electron chi connectivity index (χ3n) is 6.38. The van der Waals surface area contributed by atoms with Crippen LogP contribution in [0.25, 0.3) is 0 Å². The van der Waals surface area contributed by atoms with Crippen LogP contribution < -0.4 is 0 Å². The predicted octanol–water partition coefficient (Wildman–Crippen LogP) is 2.04. The average Bonchev–Trinajstić information content (AvgIpc) is 2.79. The van der Waals surface area contributed by atoms with E-state index in [4.69, 9.17) is 5.11 Å². The van der Waals surface area contributed by atoms with Crippen LogP contribution in [0.2, 0.25) is 0 Å². The van der Waals surface area contributed by atoms with Crippen LogP contribution in [0, 0.1) is 29.6 Å². The normalized spacial score (nSPS) is 42.9. The van der Waals surface area contributed by atoms with Gasteiger partial charge < -0.3 is 10.0 Å². The van der Waals surface area contributed by atoms with E-state index in [-0.39, 0.29) is 6.61 Å². The number of aliphatic hydroxyl groups excluding tert-OH is 1. The van der Waals surface area contributed by atoms with E-state index in [9.17, 15) is 4.79 Å². The third-order valence-corrected chi connectivity index (χ3v) is 6.38. The molecule has 4 rings (SSSR count). The lowest BCUT2D eigenvalue weighted by atomic mass is 9.90. The molecule has 4 atom stereocenters. The van der Waals surface area contributed by atoms with Gasteiger partial charge in [-0.3, -0.25) is 4.79 Å². The Bertz CT molecular complexity index is 363. The van der Waals surface area contributed by atoms with Crippen LogP contribution in [0.15, 0.2) is 0 Å². The second-order valence-corrected chi connectivity index (χ2v) is 7.21. The van der Waals surface area contributed by atoms with E-state index < -0.39 is 0 Å². The molecule has 4 saturated carbocycles. The highest BCUT2D eigenvalue weighted by molar-refractivity contribution is 5.83. The Morgan fingerprint density at radius 1 is 1.11 bits per heavy atom. The van der Waals surface area contributed by atoms with E-state index in [0.29, 0.717) is 17.9 Å². The summed E-state index contributed by atoms with van der Waals surface area (Å²) in [4.78, 5) is 15.0. The quantitative estimate of drug-likeness (QED) is 0.824. The average molecular weight is 263 g/mol. The second-order valence-electron chi connectivity index (χ2n) is 7.21. The zero-order valence-electron chi connectivity index (χ0n) is 11.6. The van der Waals surface area contributed by atoms with Crippen molar-refractivity contribution in [3.63, 3.8) is 0 Å². The molecule has 4 aliphatic rings. The fraction of sp³-hybridized carbons (Fsp3) is 0.938. The van der Waals surface area contributed by atoms with Crippen LogP contribution in [0.3, 0.4) is 0 Å². The van der Waals surface area contributed by atoms with Crippen molar-refractivity contribution >= 4 is 5.91 Å². The van der Waals surface area contributed by atoms with Gasteiger partial charge in [0, 0.05) is 25.1 Å². The molecule has 4 aliphatic carbocycles. The molecule has 0 aliphatic heterocycles. The smallest absolute Gasteiger partial charge is 0.226 e. The summed E-state index contributed by atoms with van der Waals surface area (Å²) in [6, 6.07) is 0.498. The molecular weight excluding hydrogens is 238 g/mol. The number of hydrogen-bond donors (Lipinski definition) is 1. The van der Waals surface area contributed by atoms with Gasteiger partial charge in [-0.2, -0.15) is 0 Å². The Labute approximate surface area is 115 Å². The lowest BCUT2D eigenvalue weighted by Crippen LogP contribution is -2.46. The van der Waals surface area contributed by atoms with Crippen molar-refractivity contribution < 1.29 is 9.90 Å². The van der Waals surface area contributed by atoms with E-state index in [1.54, 1.807) is 0 Å². The van der Waals surface area contributed by atoms with Crippen molar-refractivity contribution in [1.29, 1.82) is 0 Å². The summed E-state index contributed by atoms with van der Waals surface area (Å²) in [7, 11) is 0. The van der Waals surface area contributed by atoms with Gasteiger partial charge in [-0.25, -0.2) is 0 Å². The highest BCUT2D eigenvalue weighted by Gasteiger charge is 2.68. The second kappa shape index (κ2) is 4.47. The van der Waals surface area contributed by atoms with Crippen molar-refractivity contribution in [2.24, 2.45) is 29.6 Å². The monoisotopic (exact) mass is 263 g/mol. The van der Waals surface area contributed by atoms with Gasteiger partial charge >= 0.3 is 0 Å². The minimum absolute atomic E-state index is 0.208. The predicted molar refractivity (Wildman–Crippen MR) is 72.4 cm³/mol. The van der Waals surface area contributed by atoms with E-state index in [2.05, 4.69) is 4.90 Å². The summed E-state index contributed by atoms with van der Waals surface area (Å²) in [5.41, 5.74) is 0. The van der Waals surface area contributed by atoms with Crippen molar-refractivity contribution in [2.45, 2.75) is 51.0 Å². The standard InChI is InChI=1S/C16H25NO2/c18-8-2-7-17(12-3-1-4-12)16(19)15-13-10-5-6-11(9-10)14(13)15/h10-15,18H,1-9H2. The molecule has 0 aromatic heterocycles. The maximum absolute atomic E-state index is 12.8. The highest BCUT2D eigenvalue weighted by Crippen LogP contribution is 2.69. The summed E-state index contributed by atoms with van der Waals surface area (Å²) in [6.07, 6.45) is 8.58. The summed E-state index contributed by atoms with van der Waals surface area (Å²) >= 11 is 0. The first-order chi connectivity index (χ1) is 9.31. The van der Waals surface area contributed by atoms with Crippen LogP contribution >= 0.6 is 0 Å². The van der Waals surface area contributed by atoms with Crippen LogP contribution in [-0.4, -0.2) is 35.1 Å². The van der Waals surface area contributed by atoms with E-state index in [1.165, 1.54) is 38.5 Å². The molecule has 0 heterocycles. The van der Waals surface area contributed by atoms with Crippen molar-refractivity contribution in [2.75, 3.05) is 13.2 Å². The summed E-state index contributed by atoms with van der Waals surface area (Å²) in [5, 5.41) is 9.04. The molecule has 3 nitrogen and oxygen atoms in total. The number of carbonyl (C=O) groups excluding carboxylic acids is 1. The van der Waals surface area contributed by atoms with Crippen LogP contribution in [0.5, 0.6) is 0 Å².